The molecule has 31 heavy (non-hydrogen) atoms. The first-order chi connectivity index (χ1) is 15.0. The second-order valence-corrected chi connectivity index (χ2v) is 10.3. The highest BCUT2D eigenvalue weighted by molar-refractivity contribution is 14.1. The van der Waals surface area contributed by atoms with Gasteiger partial charge >= 0.3 is 0 Å². The normalized spacial score (nSPS) is 10.8. The van der Waals surface area contributed by atoms with Crippen LogP contribution in [0.25, 0.3) is 0 Å². The smallest absolute Gasteiger partial charge is 0.234 e. The van der Waals surface area contributed by atoms with Crippen molar-refractivity contribution in [1.82, 2.24) is 14.8 Å². The minimum absolute atomic E-state index is 0.0684. The zero-order valence-electron chi connectivity index (χ0n) is 17.0. The zero-order valence-corrected chi connectivity index (χ0v) is 21.5. The molecule has 9 heteroatoms. The van der Waals surface area contributed by atoms with Gasteiger partial charge in [-0.25, -0.2) is 0 Å². The van der Waals surface area contributed by atoms with E-state index in [4.69, 9.17) is 11.6 Å². The zero-order chi connectivity index (χ0) is 22.2. The van der Waals surface area contributed by atoms with E-state index in [9.17, 15) is 4.79 Å². The van der Waals surface area contributed by atoms with Gasteiger partial charge < -0.3 is 9.88 Å². The number of aryl methyl sites for hydroxylation is 1. The number of allylic oxidation sites excluding steroid dienone is 1. The number of amides is 1. The molecule has 0 radical (unpaired) electrons. The molecule has 162 valence electrons. The molecule has 1 aromatic heterocycles. The topological polar surface area (TPSA) is 59.8 Å². The van der Waals surface area contributed by atoms with Crippen LogP contribution in [-0.2, 0) is 22.8 Å². The van der Waals surface area contributed by atoms with Gasteiger partial charge in [-0.15, -0.1) is 28.5 Å². The fourth-order valence-electron chi connectivity index (χ4n) is 2.77. The molecule has 3 aromatic rings. The fourth-order valence-corrected chi connectivity index (χ4v) is 5.24. The molecule has 0 aliphatic heterocycles. The van der Waals surface area contributed by atoms with Crippen molar-refractivity contribution >= 4 is 69.3 Å². The van der Waals surface area contributed by atoms with E-state index in [2.05, 4.69) is 44.7 Å². The monoisotopic (exact) mass is 584 g/mol. The summed E-state index contributed by atoms with van der Waals surface area (Å²) in [5, 5.41) is 13.1. The molecule has 1 N–H and O–H groups in total. The van der Waals surface area contributed by atoms with Gasteiger partial charge in [-0.2, -0.15) is 0 Å². The maximum Gasteiger partial charge on any atom is 0.234 e. The van der Waals surface area contributed by atoms with Gasteiger partial charge in [-0.3, -0.25) is 4.79 Å². The summed E-state index contributed by atoms with van der Waals surface area (Å²) in [7, 11) is 0. The Hall–Kier alpha value is -1.49. The van der Waals surface area contributed by atoms with Crippen molar-refractivity contribution in [3.8, 4) is 0 Å². The summed E-state index contributed by atoms with van der Waals surface area (Å²) in [6.07, 6.45) is 1.82. The molecule has 0 unspecified atom stereocenters. The largest absolute Gasteiger partial charge is 0.325 e. The number of hydrogen-bond acceptors (Lipinski definition) is 5. The second kappa shape index (κ2) is 11.9. The van der Waals surface area contributed by atoms with Gasteiger partial charge in [-0.05, 0) is 71.0 Å². The molecule has 0 spiro atoms. The molecule has 2 aromatic carbocycles. The van der Waals surface area contributed by atoms with Crippen molar-refractivity contribution in [2.75, 3.05) is 11.1 Å². The Bertz CT molecular complexity index is 1060. The lowest BCUT2D eigenvalue weighted by molar-refractivity contribution is -0.113. The van der Waals surface area contributed by atoms with E-state index in [1.807, 2.05) is 60.0 Å². The second-order valence-electron chi connectivity index (χ2n) is 6.71. The van der Waals surface area contributed by atoms with E-state index in [0.29, 0.717) is 6.54 Å². The summed E-state index contributed by atoms with van der Waals surface area (Å²) in [6, 6.07) is 13.8. The van der Waals surface area contributed by atoms with Crippen molar-refractivity contribution in [3.63, 3.8) is 0 Å². The van der Waals surface area contributed by atoms with E-state index in [-0.39, 0.29) is 11.7 Å². The highest BCUT2D eigenvalue weighted by Gasteiger charge is 2.14. The molecule has 0 aliphatic rings. The van der Waals surface area contributed by atoms with Crippen LogP contribution in [-0.4, -0.2) is 26.4 Å². The van der Waals surface area contributed by atoms with Gasteiger partial charge in [0.2, 0.25) is 5.91 Å². The van der Waals surface area contributed by atoms with Gasteiger partial charge in [0.25, 0.3) is 0 Å². The number of nitrogens with zero attached hydrogens (tertiary/aromatic N) is 3. The van der Waals surface area contributed by atoms with E-state index in [1.54, 1.807) is 11.8 Å². The van der Waals surface area contributed by atoms with Crippen LogP contribution in [0, 0.1) is 10.5 Å². The Balaban J connectivity index is 1.56. The van der Waals surface area contributed by atoms with Crippen LogP contribution in [0.15, 0.2) is 60.3 Å². The van der Waals surface area contributed by atoms with Crippen LogP contribution in [0.1, 0.15) is 17.0 Å². The Morgan fingerprint density at radius 1 is 1.23 bits per heavy atom. The number of carbonyl (C=O) groups excluding carboxylic acids is 1. The predicted molar refractivity (Wildman–Crippen MR) is 140 cm³/mol. The van der Waals surface area contributed by atoms with Gasteiger partial charge in [0.1, 0.15) is 5.82 Å². The van der Waals surface area contributed by atoms with Crippen molar-refractivity contribution < 1.29 is 4.79 Å². The molecule has 5 nitrogen and oxygen atoms in total. The molecule has 0 atom stereocenters. The molecule has 0 aliphatic carbocycles. The van der Waals surface area contributed by atoms with Crippen LogP contribution < -0.4 is 5.32 Å². The van der Waals surface area contributed by atoms with Crippen LogP contribution in [0.2, 0.25) is 5.02 Å². The average Bonchev–Trinajstić information content (AvgIpc) is 3.12. The number of halogens is 2. The SMILES string of the molecule is C=CCn1c(CSCc2ccc(Cl)cc2)nnc1SCC(=O)Nc1ccc(I)cc1C. The standard InChI is InChI=1S/C22H22ClIN4OS2/c1-3-10-28-20(13-30-12-16-4-6-17(23)7-5-16)26-27-22(28)31-14-21(29)25-19-9-8-18(24)11-15(19)2/h3-9,11H,1,10,12-14H2,2H3,(H,25,29). The minimum atomic E-state index is -0.0684. The lowest BCUT2D eigenvalue weighted by Gasteiger charge is -2.10. The summed E-state index contributed by atoms with van der Waals surface area (Å²) < 4.78 is 3.15. The Labute approximate surface area is 209 Å². The van der Waals surface area contributed by atoms with Gasteiger partial charge in [0.05, 0.1) is 11.5 Å². The maximum atomic E-state index is 12.4. The number of carbonyl (C=O) groups is 1. The van der Waals surface area contributed by atoms with Gasteiger partial charge in [0, 0.05) is 26.6 Å². The first-order valence-electron chi connectivity index (χ1n) is 9.50. The van der Waals surface area contributed by atoms with Gasteiger partial charge in [-0.1, -0.05) is 41.6 Å². The summed E-state index contributed by atoms with van der Waals surface area (Å²) in [4.78, 5) is 12.4. The number of thioether (sulfide) groups is 2. The highest BCUT2D eigenvalue weighted by atomic mass is 127. The van der Waals surface area contributed by atoms with Crippen molar-refractivity contribution in [1.29, 1.82) is 0 Å². The van der Waals surface area contributed by atoms with Crippen LogP contribution in [0.4, 0.5) is 5.69 Å². The highest BCUT2D eigenvalue weighted by Crippen LogP contribution is 2.23. The molecule has 1 heterocycles. The van der Waals surface area contributed by atoms with E-state index >= 15 is 0 Å². The number of rotatable bonds is 10. The Kier molecular flexibility index (Phi) is 9.30. The fraction of sp³-hybridized carbons (Fsp3) is 0.227. The number of nitrogens with one attached hydrogen (secondary N) is 1. The Morgan fingerprint density at radius 2 is 2.00 bits per heavy atom. The van der Waals surface area contributed by atoms with Crippen LogP contribution in [0.5, 0.6) is 0 Å². The quantitative estimate of drug-likeness (QED) is 0.175. The third-order valence-electron chi connectivity index (χ3n) is 4.31. The van der Waals surface area contributed by atoms with E-state index in [0.717, 1.165) is 42.3 Å². The summed E-state index contributed by atoms with van der Waals surface area (Å²) in [6.45, 7) is 6.42. The van der Waals surface area contributed by atoms with E-state index in [1.165, 1.54) is 17.3 Å². The third kappa shape index (κ3) is 7.27. The average molecular weight is 585 g/mol. The number of anilines is 1. The van der Waals surface area contributed by atoms with Crippen molar-refractivity contribution in [3.05, 3.63) is 80.7 Å². The predicted octanol–water partition coefficient (Wildman–Crippen LogP) is 6.19. The summed E-state index contributed by atoms with van der Waals surface area (Å²) in [5.41, 5.74) is 3.08. The van der Waals surface area contributed by atoms with Crippen molar-refractivity contribution in [2.45, 2.75) is 30.1 Å². The molecule has 1 amide bonds. The molecule has 0 saturated carbocycles. The maximum absolute atomic E-state index is 12.4. The van der Waals surface area contributed by atoms with E-state index < -0.39 is 0 Å². The van der Waals surface area contributed by atoms with Crippen LogP contribution >= 0.6 is 57.7 Å². The molecular weight excluding hydrogens is 563 g/mol. The number of hydrogen-bond donors (Lipinski definition) is 1. The summed E-state index contributed by atoms with van der Waals surface area (Å²) in [5.74, 6) is 2.64. The molecule has 0 fully saturated rings. The van der Waals surface area contributed by atoms with Crippen molar-refractivity contribution in [2.24, 2.45) is 0 Å². The first-order valence-corrected chi connectivity index (χ1v) is 13.1. The van der Waals surface area contributed by atoms with Crippen LogP contribution in [0.3, 0.4) is 0 Å². The van der Waals surface area contributed by atoms with Gasteiger partial charge in [0.15, 0.2) is 5.16 Å². The Morgan fingerprint density at radius 3 is 2.71 bits per heavy atom. The number of aromatic nitrogens is 3. The molecule has 0 bridgehead atoms. The summed E-state index contributed by atoms with van der Waals surface area (Å²) >= 11 is 11.3. The molecule has 3 rings (SSSR count). The number of benzene rings is 2. The first kappa shape index (κ1) is 24.2. The lowest BCUT2D eigenvalue weighted by atomic mass is 10.2. The molecular formula is C22H22ClIN4OS2. The minimum Gasteiger partial charge on any atom is -0.325 e. The molecule has 0 saturated heterocycles. The third-order valence-corrected chi connectivity index (χ3v) is 7.20. The lowest BCUT2D eigenvalue weighted by Crippen LogP contribution is -2.15.